The number of para-hydroxylation sites is 1. The van der Waals surface area contributed by atoms with Crippen LogP contribution in [-0.4, -0.2) is 36.2 Å². The van der Waals surface area contributed by atoms with E-state index < -0.39 is 29.6 Å². The standard InChI is InChI=1S/C19H28N2O5/c1-6-25-15-10-8-7-9-14(15)11-12-16(22)26-13(2)17(23)20-18(24)21-19(3,4)5/h7-10,13H,6,11-12H2,1-5H3,(H2,20,21,23,24)/t13-/m0/s1. The Kier molecular flexibility index (Phi) is 8.09. The van der Waals surface area contributed by atoms with Crippen molar-refractivity contribution < 1.29 is 23.9 Å². The Hall–Kier alpha value is -2.57. The number of hydrogen-bond donors (Lipinski definition) is 2. The predicted molar refractivity (Wildman–Crippen MR) is 97.9 cm³/mol. The Morgan fingerprint density at radius 1 is 1.15 bits per heavy atom. The first-order valence-corrected chi connectivity index (χ1v) is 8.65. The van der Waals surface area contributed by atoms with Gasteiger partial charge in [0.05, 0.1) is 6.61 Å². The SMILES string of the molecule is CCOc1ccccc1CCC(=O)O[C@@H](C)C(=O)NC(=O)NC(C)(C)C. The molecule has 144 valence electrons. The van der Waals surface area contributed by atoms with Gasteiger partial charge in [-0.15, -0.1) is 0 Å². The van der Waals surface area contributed by atoms with Crippen LogP contribution in [0.4, 0.5) is 4.79 Å². The summed E-state index contributed by atoms with van der Waals surface area (Å²) in [5, 5.41) is 4.75. The predicted octanol–water partition coefficient (Wildman–Crippen LogP) is 2.57. The second kappa shape index (κ2) is 9.79. The molecule has 1 rings (SSSR count). The van der Waals surface area contributed by atoms with Gasteiger partial charge in [0.2, 0.25) is 0 Å². The average molecular weight is 364 g/mol. The normalized spacial score (nSPS) is 12.0. The summed E-state index contributed by atoms with van der Waals surface area (Å²) in [6.07, 6.45) is -0.514. The smallest absolute Gasteiger partial charge is 0.321 e. The quantitative estimate of drug-likeness (QED) is 0.725. The van der Waals surface area contributed by atoms with Gasteiger partial charge in [-0.1, -0.05) is 18.2 Å². The minimum Gasteiger partial charge on any atom is -0.494 e. The molecule has 1 atom stereocenters. The van der Waals surface area contributed by atoms with Crippen LogP contribution in [-0.2, 0) is 20.7 Å². The minimum absolute atomic E-state index is 0.107. The van der Waals surface area contributed by atoms with Crippen LogP contribution in [0.1, 0.15) is 46.6 Å². The number of ether oxygens (including phenoxy) is 2. The number of hydrogen-bond acceptors (Lipinski definition) is 5. The molecule has 0 fully saturated rings. The number of imide groups is 1. The molecule has 7 nitrogen and oxygen atoms in total. The maximum Gasteiger partial charge on any atom is 0.321 e. The Bertz CT molecular complexity index is 637. The largest absolute Gasteiger partial charge is 0.494 e. The summed E-state index contributed by atoms with van der Waals surface area (Å²) in [5.74, 6) is -0.461. The molecule has 0 spiro atoms. The molecular formula is C19H28N2O5. The third kappa shape index (κ3) is 8.00. The van der Waals surface area contributed by atoms with Gasteiger partial charge in [-0.25, -0.2) is 4.79 Å². The number of nitrogens with one attached hydrogen (secondary N) is 2. The number of rotatable bonds is 7. The van der Waals surface area contributed by atoms with E-state index in [1.807, 2.05) is 31.2 Å². The number of carbonyl (C=O) groups excluding carboxylic acids is 3. The lowest BCUT2D eigenvalue weighted by Gasteiger charge is -2.21. The van der Waals surface area contributed by atoms with Crippen LogP contribution in [0.2, 0.25) is 0 Å². The van der Waals surface area contributed by atoms with Crippen molar-refractivity contribution in [3.8, 4) is 5.75 Å². The minimum atomic E-state index is -1.06. The molecule has 0 aliphatic heterocycles. The monoisotopic (exact) mass is 364 g/mol. The Balaban J connectivity index is 2.47. The Labute approximate surface area is 154 Å². The molecule has 7 heteroatoms. The number of amides is 3. The van der Waals surface area contributed by atoms with E-state index in [4.69, 9.17) is 9.47 Å². The van der Waals surface area contributed by atoms with E-state index in [0.29, 0.717) is 13.0 Å². The highest BCUT2D eigenvalue weighted by Gasteiger charge is 2.22. The van der Waals surface area contributed by atoms with Crippen LogP contribution < -0.4 is 15.4 Å². The van der Waals surface area contributed by atoms with Gasteiger partial charge >= 0.3 is 12.0 Å². The van der Waals surface area contributed by atoms with Gasteiger partial charge in [0.15, 0.2) is 6.10 Å². The molecule has 26 heavy (non-hydrogen) atoms. The molecule has 1 aromatic rings. The van der Waals surface area contributed by atoms with E-state index in [1.165, 1.54) is 6.92 Å². The first-order chi connectivity index (χ1) is 12.1. The van der Waals surface area contributed by atoms with E-state index in [-0.39, 0.29) is 6.42 Å². The molecule has 0 unspecified atom stereocenters. The highest BCUT2D eigenvalue weighted by Crippen LogP contribution is 2.19. The van der Waals surface area contributed by atoms with Crippen molar-refractivity contribution in [2.24, 2.45) is 0 Å². The van der Waals surface area contributed by atoms with Crippen LogP contribution in [0.15, 0.2) is 24.3 Å². The molecule has 0 radical (unpaired) electrons. The maximum absolute atomic E-state index is 12.0. The van der Waals surface area contributed by atoms with Gasteiger partial charge in [0.1, 0.15) is 5.75 Å². The van der Waals surface area contributed by atoms with E-state index in [2.05, 4.69) is 10.6 Å². The lowest BCUT2D eigenvalue weighted by molar-refractivity contribution is -0.154. The average Bonchev–Trinajstić information content (AvgIpc) is 2.52. The maximum atomic E-state index is 12.0. The van der Waals surface area contributed by atoms with E-state index in [9.17, 15) is 14.4 Å². The zero-order valence-electron chi connectivity index (χ0n) is 16.0. The third-order valence-corrected chi connectivity index (χ3v) is 3.27. The Morgan fingerprint density at radius 3 is 2.42 bits per heavy atom. The second-order valence-corrected chi connectivity index (χ2v) is 6.87. The van der Waals surface area contributed by atoms with Gasteiger partial charge in [-0.05, 0) is 52.7 Å². The van der Waals surface area contributed by atoms with Crippen molar-refractivity contribution in [2.45, 2.75) is 59.1 Å². The molecule has 0 saturated heterocycles. The lowest BCUT2D eigenvalue weighted by Crippen LogP contribution is -2.50. The first-order valence-electron chi connectivity index (χ1n) is 8.65. The van der Waals surface area contributed by atoms with E-state index in [1.54, 1.807) is 20.8 Å². The molecule has 0 aliphatic carbocycles. The molecule has 3 amide bonds. The van der Waals surface area contributed by atoms with E-state index in [0.717, 1.165) is 11.3 Å². The first kappa shape index (κ1) is 21.5. The van der Waals surface area contributed by atoms with Gasteiger partial charge in [0, 0.05) is 12.0 Å². The fourth-order valence-electron chi connectivity index (χ4n) is 2.14. The second-order valence-electron chi connectivity index (χ2n) is 6.87. The van der Waals surface area contributed by atoms with Crippen molar-refractivity contribution >= 4 is 17.9 Å². The molecule has 0 bridgehead atoms. The van der Waals surface area contributed by atoms with Crippen molar-refractivity contribution in [2.75, 3.05) is 6.61 Å². The third-order valence-electron chi connectivity index (χ3n) is 3.27. The molecule has 0 aliphatic rings. The van der Waals surface area contributed by atoms with Gasteiger partial charge in [0.25, 0.3) is 5.91 Å². The lowest BCUT2D eigenvalue weighted by atomic mass is 10.1. The van der Waals surface area contributed by atoms with Gasteiger partial charge < -0.3 is 14.8 Å². The summed E-state index contributed by atoms with van der Waals surface area (Å²) in [6.45, 7) is 9.23. The summed E-state index contributed by atoms with van der Waals surface area (Å²) in [4.78, 5) is 35.6. The van der Waals surface area contributed by atoms with Crippen LogP contribution in [0, 0.1) is 0 Å². The van der Waals surface area contributed by atoms with Crippen LogP contribution >= 0.6 is 0 Å². The van der Waals surface area contributed by atoms with Gasteiger partial charge in [-0.3, -0.25) is 14.9 Å². The van der Waals surface area contributed by atoms with Gasteiger partial charge in [-0.2, -0.15) is 0 Å². The number of esters is 1. The van der Waals surface area contributed by atoms with Crippen molar-refractivity contribution in [1.82, 2.24) is 10.6 Å². The molecular weight excluding hydrogens is 336 g/mol. The highest BCUT2D eigenvalue weighted by atomic mass is 16.5. The molecule has 1 aromatic carbocycles. The Morgan fingerprint density at radius 2 is 1.81 bits per heavy atom. The van der Waals surface area contributed by atoms with Crippen LogP contribution in [0.3, 0.4) is 0 Å². The fraction of sp³-hybridized carbons (Fsp3) is 0.526. The zero-order valence-corrected chi connectivity index (χ0v) is 16.0. The van der Waals surface area contributed by atoms with Crippen LogP contribution in [0.5, 0.6) is 5.75 Å². The van der Waals surface area contributed by atoms with E-state index >= 15 is 0 Å². The number of benzene rings is 1. The summed E-state index contributed by atoms with van der Waals surface area (Å²) in [7, 11) is 0. The van der Waals surface area contributed by atoms with Crippen molar-refractivity contribution in [3.63, 3.8) is 0 Å². The summed E-state index contributed by atoms with van der Waals surface area (Å²) >= 11 is 0. The number of carbonyl (C=O) groups is 3. The highest BCUT2D eigenvalue weighted by molar-refractivity contribution is 5.97. The van der Waals surface area contributed by atoms with Crippen LogP contribution in [0.25, 0.3) is 0 Å². The molecule has 0 saturated carbocycles. The summed E-state index contributed by atoms with van der Waals surface area (Å²) < 4.78 is 10.6. The van der Waals surface area contributed by atoms with Crippen molar-refractivity contribution in [3.05, 3.63) is 29.8 Å². The van der Waals surface area contributed by atoms with Crippen molar-refractivity contribution in [1.29, 1.82) is 0 Å². The topological polar surface area (TPSA) is 93.7 Å². The molecule has 0 heterocycles. The fourth-order valence-corrected chi connectivity index (χ4v) is 2.14. The number of urea groups is 1. The molecule has 0 aromatic heterocycles. The molecule has 2 N–H and O–H groups in total. The number of aryl methyl sites for hydroxylation is 1. The zero-order chi connectivity index (χ0) is 19.7. The summed E-state index contributed by atoms with van der Waals surface area (Å²) in [6, 6.07) is 6.82. The summed E-state index contributed by atoms with van der Waals surface area (Å²) in [5.41, 5.74) is 0.422.